The fourth-order valence-electron chi connectivity index (χ4n) is 2.59. The number of carbonyl (C=O) groups excluding carboxylic acids is 1. The summed E-state index contributed by atoms with van der Waals surface area (Å²) >= 11 is 0. The van der Waals surface area contributed by atoms with E-state index in [9.17, 15) is 9.18 Å². The zero-order valence-corrected chi connectivity index (χ0v) is 11.2. The molecule has 0 amide bonds. The van der Waals surface area contributed by atoms with Crippen molar-refractivity contribution in [3.63, 3.8) is 0 Å². The molecule has 0 atom stereocenters. The van der Waals surface area contributed by atoms with Crippen molar-refractivity contribution in [3.8, 4) is 0 Å². The molecule has 1 aromatic carbocycles. The number of carbonyl (C=O) groups is 1. The van der Waals surface area contributed by atoms with Gasteiger partial charge in [0, 0.05) is 5.57 Å². The predicted molar refractivity (Wildman–Crippen MR) is 72.1 cm³/mol. The van der Waals surface area contributed by atoms with Crippen LogP contribution in [0.4, 0.5) is 4.39 Å². The molecule has 1 fully saturated rings. The Morgan fingerprint density at radius 1 is 1.21 bits per heavy atom. The van der Waals surface area contributed by atoms with Gasteiger partial charge in [0.25, 0.3) is 0 Å². The molecule has 2 rings (SSSR count). The Hall–Kier alpha value is -1.64. The standard InChI is InChI=1S/C16H19FO2/c1-12(2)15(18)19-16(10-4-3-5-11-16)13-6-8-14(17)9-7-13/h6-9H,1,3-5,10-11H2,2H3. The van der Waals surface area contributed by atoms with E-state index in [2.05, 4.69) is 6.58 Å². The third kappa shape index (κ3) is 3.03. The molecular formula is C16H19FO2. The summed E-state index contributed by atoms with van der Waals surface area (Å²) in [6.45, 7) is 5.27. The molecule has 3 heteroatoms. The predicted octanol–water partition coefficient (Wildman–Crippen LogP) is 4.10. The molecule has 0 saturated heterocycles. The average Bonchev–Trinajstić information content (AvgIpc) is 2.40. The minimum atomic E-state index is -0.609. The van der Waals surface area contributed by atoms with Gasteiger partial charge in [-0.25, -0.2) is 9.18 Å². The molecular weight excluding hydrogens is 243 g/mol. The highest BCUT2D eigenvalue weighted by molar-refractivity contribution is 5.87. The fourth-order valence-corrected chi connectivity index (χ4v) is 2.59. The summed E-state index contributed by atoms with van der Waals surface area (Å²) in [5.74, 6) is -0.646. The fraction of sp³-hybridized carbons (Fsp3) is 0.438. The van der Waals surface area contributed by atoms with Crippen LogP contribution in [0.15, 0.2) is 36.4 Å². The van der Waals surface area contributed by atoms with Crippen molar-refractivity contribution < 1.29 is 13.9 Å². The molecule has 1 aromatic rings. The minimum Gasteiger partial charge on any atom is -0.451 e. The van der Waals surface area contributed by atoms with Gasteiger partial charge < -0.3 is 4.74 Å². The average molecular weight is 262 g/mol. The Balaban J connectivity index is 2.31. The minimum absolute atomic E-state index is 0.277. The Morgan fingerprint density at radius 2 is 1.79 bits per heavy atom. The molecule has 0 heterocycles. The lowest BCUT2D eigenvalue weighted by molar-refractivity contribution is -0.160. The molecule has 2 nitrogen and oxygen atoms in total. The van der Waals surface area contributed by atoms with Gasteiger partial charge in [-0.05, 0) is 50.3 Å². The van der Waals surface area contributed by atoms with E-state index in [-0.39, 0.29) is 11.8 Å². The van der Waals surface area contributed by atoms with Gasteiger partial charge in [-0.15, -0.1) is 0 Å². The van der Waals surface area contributed by atoms with Crippen molar-refractivity contribution in [3.05, 3.63) is 47.8 Å². The number of hydrogen-bond acceptors (Lipinski definition) is 2. The van der Waals surface area contributed by atoms with Crippen molar-refractivity contribution in [1.82, 2.24) is 0 Å². The summed E-state index contributed by atoms with van der Waals surface area (Å²) in [6.07, 6.45) is 4.75. The van der Waals surface area contributed by atoms with E-state index >= 15 is 0 Å². The largest absolute Gasteiger partial charge is 0.451 e. The van der Waals surface area contributed by atoms with Crippen LogP contribution < -0.4 is 0 Å². The number of esters is 1. The number of benzene rings is 1. The van der Waals surface area contributed by atoms with Gasteiger partial charge in [0.05, 0.1) is 0 Å². The van der Waals surface area contributed by atoms with Crippen molar-refractivity contribution >= 4 is 5.97 Å². The summed E-state index contributed by atoms with van der Waals surface area (Å²) < 4.78 is 18.8. The van der Waals surface area contributed by atoms with E-state index in [0.717, 1.165) is 37.7 Å². The Bertz CT molecular complexity index is 470. The summed E-state index contributed by atoms with van der Waals surface area (Å²) in [6, 6.07) is 6.26. The topological polar surface area (TPSA) is 26.3 Å². The van der Waals surface area contributed by atoms with Crippen LogP contribution in [-0.2, 0) is 15.1 Å². The number of halogens is 1. The molecule has 0 N–H and O–H groups in total. The second kappa shape index (κ2) is 5.55. The first-order valence-electron chi connectivity index (χ1n) is 6.68. The van der Waals surface area contributed by atoms with Crippen molar-refractivity contribution in [2.24, 2.45) is 0 Å². The van der Waals surface area contributed by atoms with Crippen LogP contribution in [-0.4, -0.2) is 5.97 Å². The molecule has 0 unspecified atom stereocenters. The molecule has 0 aliphatic heterocycles. The molecule has 0 radical (unpaired) electrons. The summed E-state index contributed by atoms with van der Waals surface area (Å²) in [4.78, 5) is 11.9. The Labute approximate surface area is 113 Å². The monoisotopic (exact) mass is 262 g/mol. The summed E-state index contributed by atoms with van der Waals surface area (Å²) in [7, 11) is 0. The second-order valence-electron chi connectivity index (χ2n) is 5.23. The maximum Gasteiger partial charge on any atom is 0.333 e. The van der Waals surface area contributed by atoms with Crippen LogP contribution in [0.3, 0.4) is 0 Å². The van der Waals surface area contributed by atoms with Crippen LogP contribution in [0.2, 0.25) is 0 Å². The molecule has 0 aromatic heterocycles. The van der Waals surface area contributed by atoms with E-state index in [1.54, 1.807) is 19.1 Å². The number of rotatable bonds is 3. The summed E-state index contributed by atoms with van der Waals surface area (Å²) in [5, 5.41) is 0. The first-order chi connectivity index (χ1) is 9.03. The van der Waals surface area contributed by atoms with Gasteiger partial charge >= 0.3 is 5.97 Å². The van der Waals surface area contributed by atoms with Gasteiger partial charge in [-0.2, -0.15) is 0 Å². The van der Waals surface area contributed by atoms with E-state index < -0.39 is 5.60 Å². The highest BCUT2D eigenvalue weighted by Crippen LogP contribution is 2.41. The first-order valence-corrected chi connectivity index (χ1v) is 6.68. The van der Waals surface area contributed by atoms with Crippen LogP contribution in [0.5, 0.6) is 0 Å². The van der Waals surface area contributed by atoms with Crippen molar-refractivity contribution in [2.75, 3.05) is 0 Å². The summed E-state index contributed by atoms with van der Waals surface area (Å²) in [5.41, 5.74) is 0.664. The van der Waals surface area contributed by atoms with Gasteiger partial charge in [0.15, 0.2) is 0 Å². The van der Waals surface area contributed by atoms with Crippen molar-refractivity contribution in [2.45, 2.75) is 44.6 Å². The lowest BCUT2D eigenvalue weighted by atomic mass is 9.79. The van der Waals surface area contributed by atoms with Gasteiger partial charge in [0.1, 0.15) is 11.4 Å². The molecule has 0 bridgehead atoms. The van der Waals surface area contributed by atoms with Gasteiger partial charge in [-0.1, -0.05) is 25.1 Å². The molecule has 102 valence electrons. The Morgan fingerprint density at radius 3 is 2.32 bits per heavy atom. The van der Waals surface area contributed by atoms with E-state index in [1.807, 2.05) is 0 Å². The molecule has 0 spiro atoms. The second-order valence-corrected chi connectivity index (χ2v) is 5.23. The van der Waals surface area contributed by atoms with Gasteiger partial charge in [-0.3, -0.25) is 0 Å². The lowest BCUT2D eigenvalue weighted by Gasteiger charge is -2.37. The molecule has 1 saturated carbocycles. The zero-order valence-electron chi connectivity index (χ0n) is 11.2. The van der Waals surface area contributed by atoms with Crippen LogP contribution in [0, 0.1) is 5.82 Å². The SMILES string of the molecule is C=C(C)C(=O)OC1(c2ccc(F)cc2)CCCCC1. The normalized spacial score (nSPS) is 17.8. The first kappa shape index (κ1) is 13.8. The molecule has 19 heavy (non-hydrogen) atoms. The highest BCUT2D eigenvalue weighted by atomic mass is 19.1. The smallest absolute Gasteiger partial charge is 0.333 e. The third-order valence-electron chi connectivity index (χ3n) is 3.67. The number of ether oxygens (including phenoxy) is 1. The van der Waals surface area contributed by atoms with E-state index in [0.29, 0.717) is 5.57 Å². The van der Waals surface area contributed by atoms with Crippen LogP contribution in [0.1, 0.15) is 44.6 Å². The van der Waals surface area contributed by atoms with E-state index in [1.165, 1.54) is 12.1 Å². The third-order valence-corrected chi connectivity index (χ3v) is 3.67. The van der Waals surface area contributed by atoms with Crippen LogP contribution in [0.25, 0.3) is 0 Å². The Kier molecular flexibility index (Phi) is 4.03. The molecule has 1 aliphatic rings. The van der Waals surface area contributed by atoms with E-state index in [4.69, 9.17) is 4.74 Å². The van der Waals surface area contributed by atoms with Crippen molar-refractivity contribution in [1.29, 1.82) is 0 Å². The number of hydrogen-bond donors (Lipinski definition) is 0. The highest BCUT2D eigenvalue weighted by Gasteiger charge is 2.37. The maximum atomic E-state index is 13.0. The zero-order chi connectivity index (χ0) is 13.9. The molecule has 1 aliphatic carbocycles. The maximum absolute atomic E-state index is 13.0. The van der Waals surface area contributed by atoms with Crippen LogP contribution >= 0.6 is 0 Å². The lowest BCUT2D eigenvalue weighted by Crippen LogP contribution is -2.35. The van der Waals surface area contributed by atoms with Gasteiger partial charge in [0.2, 0.25) is 0 Å². The quantitative estimate of drug-likeness (QED) is 0.605.